The van der Waals surface area contributed by atoms with E-state index in [1.165, 1.54) is 12.1 Å². The number of carbonyl (C=O) groups is 2. The molecule has 6 nitrogen and oxygen atoms in total. The average Bonchev–Trinajstić information content (AvgIpc) is 2.52. The molecule has 6 heteroatoms. The number of anilines is 1. The number of amides is 1. The molecule has 2 N–H and O–H groups in total. The highest BCUT2D eigenvalue weighted by molar-refractivity contribution is 5.94. The Bertz CT molecular complexity index is 750. The zero-order valence-corrected chi connectivity index (χ0v) is 14.4. The van der Waals surface area contributed by atoms with Crippen molar-refractivity contribution in [3.63, 3.8) is 0 Å². The van der Waals surface area contributed by atoms with Gasteiger partial charge in [-0.1, -0.05) is 30.3 Å². The number of carboxylic acid groups (broad SMARTS) is 1. The Labute approximate surface area is 146 Å². The van der Waals surface area contributed by atoms with Gasteiger partial charge in [-0.25, -0.2) is 9.59 Å². The van der Waals surface area contributed by atoms with Crippen molar-refractivity contribution in [2.45, 2.75) is 33.0 Å². The maximum absolute atomic E-state index is 11.8. The number of hydrogen-bond donors (Lipinski definition) is 2. The van der Waals surface area contributed by atoms with Crippen LogP contribution in [-0.4, -0.2) is 22.8 Å². The summed E-state index contributed by atoms with van der Waals surface area (Å²) >= 11 is 0. The molecule has 2 aromatic rings. The van der Waals surface area contributed by atoms with Gasteiger partial charge in [0.25, 0.3) is 0 Å². The normalized spacial score (nSPS) is 10.8. The molecule has 2 rings (SSSR count). The first kappa shape index (κ1) is 18.3. The first-order valence-electron chi connectivity index (χ1n) is 7.79. The van der Waals surface area contributed by atoms with Crippen LogP contribution in [0.15, 0.2) is 48.5 Å². The highest BCUT2D eigenvalue weighted by Crippen LogP contribution is 2.24. The number of ether oxygens (including phenoxy) is 2. The Morgan fingerprint density at radius 2 is 1.76 bits per heavy atom. The summed E-state index contributed by atoms with van der Waals surface area (Å²) in [5.74, 6) is -0.915. The predicted octanol–water partition coefficient (Wildman–Crippen LogP) is 4.31. The Morgan fingerprint density at radius 1 is 1.08 bits per heavy atom. The van der Waals surface area contributed by atoms with Gasteiger partial charge in [-0.05, 0) is 44.5 Å². The van der Waals surface area contributed by atoms with Gasteiger partial charge in [-0.15, -0.1) is 0 Å². The second kappa shape index (κ2) is 7.70. The summed E-state index contributed by atoms with van der Waals surface area (Å²) in [7, 11) is 0. The largest absolute Gasteiger partial charge is 0.488 e. The SMILES string of the molecule is CC(C)(C)OC(=O)Nc1ccc(OCc2ccccc2)c(C(=O)O)c1. The summed E-state index contributed by atoms with van der Waals surface area (Å²) in [5, 5.41) is 11.9. The molecule has 0 spiro atoms. The predicted molar refractivity (Wildman–Crippen MR) is 94.0 cm³/mol. The number of carbonyl (C=O) groups excluding carboxylic acids is 1. The van der Waals surface area contributed by atoms with Gasteiger partial charge in [-0.2, -0.15) is 0 Å². The van der Waals surface area contributed by atoms with Gasteiger partial charge in [0.1, 0.15) is 23.5 Å². The summed E-state index contributed by atoms with van der Waals surface area (Å²) in [6.45, 7) is 5.49. The molecule has 0 heterocycles. The van der Waals surface area contributed by atoms with Gasteiger partial charge in [0.2, 0.25) is 0 Å². The van der Waals surface area contributed by atoms with E-state index in [4.69, 9.17) is 9.47 Å². The molecule has 0 aliphatic rings. The Morgan fingerprint density at radius 3 is 2.36 bits per heavy atom. The lowest BCUT2D eigenvalue weighted by atomic mass is 10.1. The van der Waals surface area contributed by atoms with Crippen LogP contribution in [0.2, 0.25) is 0 Å². The third-order valence-electron chi connectivity index (χ3n) is 3.09. The lowest BCUT2D eigenvalue weighted by molar-refractivity contribution is 0.0632. The van der Waals surface area contributed by atoms with Crippen LogP contribution in [0.3, 0.4) is 0 Å². The van der Waals surface area contributed by atoms with Crippen molar-refractivity contribution in [3.8, 4) is 5.75 Å². The van der Waals surface area contributed by atoms with Gasteiger partial charge in [0.15, 0.2) is 0 Å². The van der Waals surface area contributed by atoms with E-state index in [0.717, 1.165) is 5.56 Å². The van der Waals surface area contributed by atoms with E-state index in [2.05, 4.69) is 5.32 Å². The van der Waals surface area contributed by atoms with Crippen LogP contribution < -0.4 is 10.1 Å². The van der Waals surface area contributed by atoms with Crippen LogP contribution in [0, 0.1) is 0 Å². The van der Waals surface area contributed by atoms with Crippen molar-refractivity contribution < 1.29 is 24.2 Å². The molecule has 0 bridgehead atoms. The highest BCUT2D eigenvalue weighted by Gasteiger charge is 2.18. The summed E-state index contributed by atoms with van der Waals surface area (Å²) < 4.78 is 10.7. The molecule has 0 aliphatic carbocycles. The van der Waals surface area contributed by atoms with E-state index >= 15 is 0 Å². The number of carboxylic acids is 1. The molecule has 0 saturated carbocycles. The zero-order valence-electron chi connectivity index (χ0n) is 14.4. The van der Waals surface area contributed by atoms with Gasteiger partial charge in [0, 0.05) is 5.69 Å². The second-order valence-electron chi connectivity index (χ2n) is 6.42. The molecule has 0 atom stereocenters. The van der Waals surface area contributed by atoms with Crippen LogP contribution in [-0.2, 0) is 11.3 Å². The van der Waals surface area contributed by atoms with E-state index in [1.54, 1.807) is 26.8 Å². The molecule has 132 valence electrons. The van der Waals surface area contributed by atoms with E-state index in [1.807, 2.05) is 30.3 Å². The molecule has 2 aromatic carbocycles. The molecule has 0 fully saturated rings. The monoisotopic (exact) mass is 343 g/mol. The number of rotatable bonds is 5. The number of benzene rings is 2. The van der Waals surface area contributed by atoms with Gasteiger partial charge >= 0.3 is 12.1 Å². The number of hydrogen-bond acceptors (Lipinski definition) is 4. The Kier molecular flexibility index (Phi) is 5.64. The quantitative estimate of drug-likeness (QED) is 0.845. The van der Waals surface area contributed by atoms with E-state index in [0.29, 0.717) is 5.69 Å². The lowest BCUT2D eigenvalue weighted by Crippen LogP contribution is -2.27. The fourth-order valence-electron chi connectivity index (χ4n) is 2.06. The standard InChI is InChI=1S/C19H21NO5/c1-19(2,3)25-18(23)20-14-9-10-16(15(11-14)17(21)22)24-12-13-7-5-4-6-8-13/h4-11H,12H2,1-3H3,(H,20,23)(H,21,22). The minimum atomic E-state index is -1.14. The minimum Gasteiger partial charge on any atom is -0.488 e. The number of aromatic carboxylic acids is 1. The molecule has 1 amide bonds. The molecule has 0 saturated heterocycles. The maximum atomic E-state index is 11.8. The fraction of sp³-hybridized carbons (Fsp3) is 0.263. The van der Waals surface area contributed by atoms with Crippen molar-refractivity contribution >= 4 is 17.7 Å². The van der Waals surface area contributed by atoms with Crippen molar-refractivity contribution in [3.05, 3.63) is 59.7 Å². The van der Waals surface area contributed by atoms with Crippen molar-refractivity contribution in [1.29, 1.82) is 0 Å². The molecule has 0 aromatic heterocycles. The summed E-state index contributed by atoms with van der Waals surface area (Å²) in [6.07, 6.45) is -0.651. The van der Waals surface area contributed by atoms with Crippen LogP contribution >= 0.6 is 0 Å². The van der Waals surface area contributed by atoms with Crippen LogP contribution in [0.5, 0.6) is 5.75 Å². The van der Waals surface area contributed by atoms with Crippen LogP contribution in [0.4, 0.5) is 10.5 Å². The van der Waals surface area contributed by atoms with Gasteiger partial charge in [0.05, 0.1) is 0 Å². The Hall–Kier alpha value is -3.02. The highest BCUT2D eigenvalue weighted by atomic mass is 16.6. The summed E-state index contributed by atoms with van der Waals surface area (Å²) in [5.41, 5.74) is 0.566. The lowest BCUT2D eigenvalue weighted by Gasteiger charge is -2.20. The maximum Gasteiger partial charge on any atom is 0.412 e. The van der Waals surface area contributed by atoms with Gasteiger partial charge in [-0.3, -0.25) is 5.32 Å². The van der Waals surface area contributed by atoms with Crippen molar-refractivity contribution in [2.24, 2.45) is 0 Å². The summed E-state index contributed by atoms with van der Waals surface area (Å²) in [4.78, 5) is 23.3. The minimum absolute atomic E-state index is 0.0375. The zero-order chi connectivity index (χ0) is 18.4. The van der Waals surface area contributed by atoms with Crippen LogP contribution in [0.1, 0.15) is 36.7 Å². The molecular weight excluding hydrogens is 322 g/mol. The van der Waals surface area contributed by atoms with E-state index in [9.17, 15) is 14.7 Å². The van der Waals surface area contributed by atoms with Crippen molar-refractivity contribution in [2.75, 3.05) is 5.32 Å². The smallest absolute Gasteiger partial charge is 0.412 e. The molecule has 25 heavy (non-hydrogen) atoms. The third-order valence-corrected chi connectivity index (χ3v) is 3.09. The van der Waals surface area contributed by atoms with Crippen molar-refractivity contribution in [1.82, 2.24) is 0 Å². The van der Waals surface area contributed by atoms with E-state index < -0.39 is 17.7 Å². The molecular formula is C19H21NO5. The first-order chi connectivity index (χ1) is 11.7. The van der Waals surface area contributed by atoms with Gasteiger partial charge < -0.3 is 14.6 Å². The average molecular weight is 343 g/mol. The topological polar surface area (TPSA) is 84.9 Å². The van der Waals surface area contributed by atoms with Crippen LogP contribution in [0.25, 0.3) is 0 Å². The molecule has 0 unspecified atom stereocenters. The number of nitrogens with one attached hydrogen (secondary N) is 1. The Balaban J connectivity index is 2.11. The molecule has 0 radical (unpaired) electrons. The fourth-order valence-corrected chi connectivity index (χ4v) is 2.06. The second-order valence-corrected chi connectivity index (χ2v) is 6.42. The first-order valence-corrected chi connectivity index (χ1v) is 7.79. The summed E-state index contributed by atoms with van der Waals surface area (Å²) in [6, 6.07) is 13.8. The molecule has 0 aliphatic heterocycles. The third kappa shape index (κ3) is 5.84. The van der Waals surface area contributed by atoms with E-state index in [-0.39, 0.29) is 17.9 Å².